The highest BCUT2D eigenvalue weighted by Crippen LogP contribution is 2.15. The van der Waals surface area contributed by atoms with Crippen molar-refractivity contribution in [3.63, 3.8) is 0 Å². The van der Waals surface area contributed by atoms with Gasteiger partial charge in [-0.15, -0.1) is 0 Å². The number of hydrogen-bond acceptors (Lipinski definition) is 2. The Labute approximate surface area is 100 Å². The Morgan fingerprint density at radius 3 is 2.87 bits per heavy atom. The summed E-state index contributed by atoms with van der Waals surface area (Å²) in [6.45, 7) is 3.57. The molecule has 1 amide bonds. The summed E-state index contributed by atoms with van der Waals surface area (Å²) in [4.78, 5) is 13.5. The number of alkyl halides is 1. The van der Waals surface area contributed by atoms with Crippen LogP contribution < -0.4 is 0 Å². The normalized spacial score (nSPS) is 23.5. The molecule has 3 nitrogen and oxygen atoms in total. The Bertz CT molecular complexity index is 205. The molecule has 88 valence electrons. The number of hydrogen-bond donors (Lipinski definition) is 0. The van der Waals surface area contributed by atoms with Gasteiger partial charge in [0.25, 0.3) is 0 Å². The van der Waals surface area contributed by atoms with E-state index in [-0.39, 0.29) is 16.8 Å². The summed E-state index contributed by atoms with van der Waals surface area (Å²) in [6.07, 6.45) is 4.53. The zero-order valence-corrected chi connectivity index (χ0v) is 11.1. The molecule has 0 saturated carbocycles. The largest absolute Gasteiger partial charge is 0.376 e. The van der Waals surface area contributed by atoms with E-state index in [1.165, 1.54) is 6.42 Å². The SMILES string of the molecule is CCC(Br)C(=O)N(C)CC1CCCCO1. The minimum Gasteiger partial charge on any atom is -0.376 e. The van der Waals surface area contributed by atoms with Gasteiger partial charge < -0.3 is 9.64 Å². The Hall–Kier alpha value is -0.0900. The molecule has 0 radical (unpaired) electrons. The molecule has 1 rings (SSSR count). The number of carbonyl (C=O) groups is 1. The molecule has 2 atom stereocenters. The van der Waals surface area contributed by atoms with Crippen LogP contribution in [0.1, 0.15) is 32.6 Å². The molecule has 0 aliphatic carbocycles. The van der Waals surface area contributed by atoms with Crippen LogP contribution in [-0.2, 0) is 9.53 Å². The summed E-state index contributed by atoms with van der Waals surface area (Å²) in [5.41, 5.74) is 0. The van der Waals surface area contributed by atoms with E-state index in [1.807, 2.05) is 14.0 Å². The molecular weight excluding hydrogens is 258 g/mol. The molecule has 0 spiro atoms. The maximum Gasteiger partial charge on any atom is 0.236 e. The van der Waals surface area contributed by atoms with Gasteiger partial charge >= 0.3 is 0 Å². The molecule has 0 aromatic rings. The van der Waals surface area contributed by atoms with Crippen LogP contribution >= 0.6 is 15.9 Å². The first-order valence-electron chi connectivity index (χ1n) is 5.65. The zero-order valence-electron chi connectivity index (χ0n) is 9.54. The van der Waals surface area contributed by atoms with Gasteiger partial charge in [-0.1, -0.05) is 22.9 Å². The molecule has 0 aromatic heterocycles. The molecule has 2 unspecified atom stereocenters. The van der Waals surface area contributed by atoms with Crippen molar-refractivity contribution in [1.82, 2.24) is 4.90 Å². The van der Waals surface area contributed by atoms with E-state index in [9.17, 15) is 4.79 Å². The Kier molecular flexibility index (Phi) is 5.61. The highest BCUT2D eigenvalue weighted by molar-refractivity contribution is 9.10. The second-order valence-corrected chi connectivity index (χ2v) is 5.19. The third-order valence-corrected chi connectivity index (χ3v) is 3.79. The van der Waals surface area contributed by atoms with Crippen molar-refractivity contribution >= 4 is 21.8 Å². The van der Waals surface area contributed by atoms with E-state index >= 15 is 0 Å². The van der Waals surface area contributed by atoms with E-state index in [2.05, 4.69) is 15.9 Å². The highest BCUT2D eigenvalue weighted by Gasteiger charge is 2.22. The summed E-state index contributed by atoms with van der Waals surface area (Å²) < 4.78 is 5.60. The lowest BCUT2D eigenvalue weighted by molar-refractivity contribution is -0.131. The van der Waals surface area contributed by atoms with Crippen LogP contribution in [0.4, 0.5) is 0 Å². The first-order valence-corrected chi connectivity index (χ1v) is 6.57. The zero-order chi connectivity index (χ0) is 11.3. The number of nitrogens with zero attached hydrogens (tertiary/aromatic N) is 1. The number of likely N-dealkylation sites (N-methyl/N-ethyl adjacent to an activating group) is 1. The molecule has 4 heteroatoms. The fourth-order valence-electron chi connectivity index (χ4n) is 1.76. The lowest BCUT2D eigenvalue weighted by Gasteiger charge is -2.28. The van der Waals surface area contributed by atoms with Crippen LogP contribution in [-0.4, -0.2) is 41.9 Å². The topological polar surface area (TPSA) is 29.5 Å². The highest BCUT2D eigenvalue weighted by atomic mass is 79.9. The van der Waals surface area contributed by atoms with Gasteiger partial charge in [-0.05, 0) is 25.7 Å². The third kappa shape index (κ3) is 4.11. The standard InChI is InChI=1S/C11H20BrNO2/c1-3-10(12)11(14)13(2)8-9-6-4-5-7-15-9/h9-10H,3-8H2,1-2H3. The van der Waals surface area contributed by atoms with Crippen LogP contribution in [0.2, 0.25) is 0 Å². The molecule has 1 fully saturated rings. The monoisotopic (exact) mass is 277 g/mol. The Morgan fingerprint density at radius 1 is 1.60 bits per heavy atom. The predicted molar refractivity (Wildman–Crippen MR) is 64.2 cm³/mol. The van der Waals surface area contributed by atoms with Gasteiger partial charge in [-0.2, -0.15) is 0 Å². The van der Waals surface area contributed by atoms with Crippen LogP contribution in [0, 0.1) is 0 Å². The van der Waals surface area contributed by atoms with Gasteiger partial charge in [0.1, 0.15) is 0 Å². The van der Waals surface area contributed by atoms with E-state index in [0.29, 0.717) is 0 Å². The first kappa shape index (κ1) is 13.0. The van der Waals surface area contributed by atoms with Gasteiger partial charge in [0, 0.05) is 20.2 Å². The second kappa shape index (κ2) is 6.48. The molecule has 1 saturated heterocycles. The smallest absolute Gasteiger partial charge is 0.236 e. The van der Waals surface area contributed by atoms with Crippen LogP contribution in [0.5, 0.6) is 0 Å². The van der Waals surface area contributed by atoms with Crippen molar-refractivity contribution in [2.24, 2.45) is 0 Å². The predicted octanol–water partition coefficient (Wildman–Crippen LogP) is 2.19. The quantitative estimate of drug-likeness (QED) is 0.738. The molecular formula is C11H20BrNO2. The molecule has 0 bridgehead atoms. The summed E-state index contributed by atoms with van der Waals surface area (Å²) in [7, 11) is 1.85. The lowest BCUT2D eigenvalue weighted by Crippen LogP contribution is -2.40. The first-order chi connectivity index (χ1) is 7.15. The van der Waals surface area contributed by atoms with Gasteiger partial charge in [-0.25, -0.2) is 0 Å². The summed E-state index contributed by atoms with van der Waals surface area (Å²) in [5.74, 6) is 0.159. The van der Waals surface area contributed by atoms with E-state index in [0.717, 1.165) is 32.4 Å². The van der Waals surface area contributed by atoms with Gasteiger partial charge in [0.05, 0.1) is 10.9 Å². The number of ether oxygens (including phenoxy) is 1. The maximum atomic E-state index is 11.8. The molecule has 1 aliphatic heterocycles. The number of rotatable bonds is 4. The minimum absolute atomic E-state index is 0.0499. The van der Waals surface area contributed by atoms with Crippen LogP contribution in [0.3, 0.4) is 0 Å². The fourth-order valence-corrected chi connectivity index (χ4v) is 2.11. The molecule has 0 aromatic carbocycles. The van der Waals surface area contributed by atoms with Crippen LogP contribution in [0.25, 0.3) is 0 Å². The van der Waals surface area contributed by atoms with Crippen LogP contribution in [0.15, 0.2) is 0 Å². The average molecular weight is 278 g/mol. The molecule has 15 heavy (non-hydrogen) atoms. The van der Waals surface area contributed by atoms with E-state index in [4.69, 9.17) is 4.74 Å². The molecule has 0 N–H and O–H groups in total. The summed E-state index contributed by atoms with van der Waals surface area (Å²) in [6, 6.07) is 0. The summed E-state index contributed by atoms with van der Waals surface area (Å²) in [5, 5.41) is 0. The number of halogens is 1. The van der Waals surface area contributed by atoms with Gasteiger partial charge in [-0.3, -0.25) is 4.79 Å². The van der Waals surface area contributed by atoms with Gasteiger partial charge in [0.15, 0.2) is 0 Å². The van der Waals surface area contributed by atoms with Crippen molar-refractivity contribution < 1.29 is 9.53 Å². The van der Waals surface area contributed by atoms with Gasteiger partial charge in [0.2, 0.25) is 5.91 Å². The summed E-state index contributed by atoms with van der Waals surface area (Å²) >= 11 is 3.38. The average Bonchev–Trinajstić information content (AvgIpc) is 2.28. The number of amides is 1. The molecule has 1 aliphatic rings. The van der Waals surface area contributed by atoms with Crippen molar-refractivity contribution in [3.05, 3.63) is 0 Å². The van der Waals surface area contributed by atoms with Crippen molar-refractivity contribution in [3.8, 4) is 0 Å². The lowest BCUT2D eigenvalue weighted by atomic mass is 10.1. The molecule has 1 heterocycles. The van der Waals surface area contributed by atoms with E-state index < -0.39 is 0 Å². The van der Waals surface area contributed by atoms with E-state index in [1.54, 1.807) is 4.90 Å². The van der Waals surface area contributed by atoms with Crippen molar-refractivity contribution in [2.75, 3.05) is 20.2 Å². The van der Waals surface area contributed by atoms with Crippen molar-refractivity contribution in [1.29, 1.82) is 0 Å². The minimum atomic E-state index is -0.0499. The maximum absolute atomic E-state index is 11.8. The second-order valence-electron chi connectivity index (χ2n) is 4.08. The fraction of sp³-hybridized carbons (Fsp3) is 0.909. The Morgan fingerprint density at radius 2 is 2.33 bits per heavy atom. The third-order valence-electron chi connectivity index (χ3n) is 2.75. The Balaban J connectivity index is 2.33. The number of carbonyl (C=O) groups excluding carboxylic acids is 1. The van der Waals surface area contributed by atoms with Crippen molar-refractivity contribution in [2.45, 2.75) is 43.5 Å².